The van der Waals surface area contributed by atoms with Crippen molar-refractivity contribution in [3.05, 3.63) is 59.7 Å². The molecule has 0 saturated heterocycles. The van der Waals surface area contributed by atoms with Crippen LogP contribution in [0.4, 0.5) is 0 Å². The topological polar surface area (TPSA) is 76.1 Å². The summed E-state index contributed by atoms with van der Waals surface area (Å²) in [6, 6.07) is 15.7. The molecule has 2 atom stereocenters. The van der Waals surface area contributed by atoms with Crippen molar-refractivity contribution in [1.82, 2.24) is 4.90 Å². The molecule has 1 N–H and O–H groups in total. The minimum atomic E-state index is -0.835. The fourth-order valence-corrected chi connectivity index (χ4v) is 3.85. The van der Waals surface area contributed by atoms with Gasteiger partial charge in [0.2, 0.25) is 5.91 Å². The number of carboxylic acids is 1. The van der Waals surface area contributed by atoms with Crippen LogP contribution in [0.5, 0.6) is 11.5 Å². The van der Waals surface area contributed by atoms with E-state index in [-0.39, 0.29) is 24.2 Å². The van der Waals surface area contributed by atoms with Crippen LogP contribution in [0.3, 0.4) is 0 Å². The van der Waals surface area contributed by atoms with Gasteiger partial charge in [-0.2, -0.15) is 0 Å². The molecular weight excluding hydrogens is 370 g/mol. The molecule has 4 rings (SSSR count). The third kappa shape index (κ3) is 4.70. The Morgan fingerprint density at radius 2 is 1.79 bits per heavy atom. The summed E-state index contributed by atoms with van der Waals surface area (Å²) in [5, 5.41) is 8.94. The van der Waals surface area contributed by atoms with Gasteiger partial charge in [-0.15, -0.1) is 0 Å². The molecule has 1 saturated carbocycles. The SMILES string of the molecule is O=C(O)CCCN(Cc1ccccc1)C(=O)C1CC1c1ccc2c(c1)OCCO2. The van der Waals surface area contributed by atoms with E-state index in [0.717, 1.165) is 29.0 Å². The van der Waals surface area contributed by atoms with Gasteiger partial charge in [-0.3, -0.25) is 9.59 Å². The van der Waals surface area contributed by atoms with Crippen LogP contribution in [0.15, 0.2) is 48.5 Å². The first kappa shape index (κ1) is 19.3. The molecule has 2 unspecified atom stereocenters. The number of benzene rings is 2. The number of hydrogen-bond acceptors (Lipinski definition) is 4. The number of aliphatic carboxylic acids is 1. The zero-order valence-electron chi connectivity index (χ0n) is 16.3. The lowest BCUT2D eigenvalue weighted by molar-refractivity contribution is -0.138. The Morgan fingerprint density at radius 3 is 2.55 bits per heavy atom. The molecule has 1 heterocycles. The molecule has 6 heteroatoms. The number of hydrogen-bond donors (Lipinski definition) is 1. The maximum absolute atomic E-state index is 13.2. The average Bonchev–Trinajstić information content (AvgIpc) is 3.53. The summed E-state index contributed by atoms with van der Waals surface area (Å²) in [7, 11) is 0. The molecule has 29 heavy (non-hydrogen) atoms. The molecule has 0 bridgehead atoms. The van der Waals surface area contributed by atoms with Crippen LogP contribution in [0.1, 0.15) is 36.3 Å². The van der Waals surface area contributed by atoms with E-state index in [9.17, 15) is 9.59 Å². The molecule has 0 aromatic heterocycles. The lowest BCUT2D eigenvalue weighted by atomic mass is 10.1. The van der Waals surface area contributed by atoms with Crippen LogP contribution in [0.2, 0.25) is 0 Å². The van der Waals surface area contributed by atoms with Crippen molar-refractivity contribution in [2.75, 3.05) is 19.8 Å². The number of amides is 1. The second-order valence-corrected chi connectivity index (χ2v) is 7.59. The highest BCUT2D eigenvalue weighted by Gasteiger charge is 2.46. The fourth-order valence-electron chi connectivity index (χ4n) is 3.85. The van der Waals surface area contributed by atoms with Gasteiger partial charge in [0.25, 0.3) is 0 Å². The summed E-state index contributed by atoms with van der Waals surface area (Å²) in [5.74, 6) is 0.872. The quantitative estimate of drug-likeness (QED) is 0.741. The zero-order chi connectivity index (χ0) is 20.2. The van der Waals surface area contributed by atoms with E-state index in [1.165, 1.54) is 0 Å². The monoisotopic (exact) mass is 395 g/mol. The fraction of sp³-hybridized carbons (Fsp3) is 0.391. The van der Waals surface area contributed by atoms with E-state index in [1.807, 2.05) is 48.5 Å². The summed E-state index contributed by atoms with van der Waals surface area (Å²) in [5.41, 5.74) is 2.14. The Hall–Kier alpha value is -3.02. The highest BCUT2D eigenvalue weighted by molar-refractivity contribution is 5.83. The molecule has 2 aliphatic rings. The first-order valence-electron chi connectivity index (χ1n) is 10.1. The number of ether oxygens (including phenoxy) is 2. The van der Waals surface area contributed by atoms with Crippen molar-refractivity contribution in [2.45, 2.75) is 31.7 Å². The predicted molar refractivity (Wildman–Crippen MR) is 107 cm³/mol. The van der Waals surface area contributed by atoms with Crippen LogP contribution in [0, 0.1) is 5.92 Å². The molecule has 1 fully saturated rings. The summed E-state index contributed by atoms with van der Waals surface area (Å²) in [6.07, 6.45) is 1.33. The molecule has 0 radical (unpaired) electrons. The number of nitrogens with zero attached hydrogens (tertiary/aromatic N) is 1. The van der Waals surface area contributed by atoms with Crippen molar-refractivity contribution in [1.29, 1.82) is 0 Å². The lowest BCUT2D eigenvalue weighted by Crippen LogP contribution is -2.33. The van der Waals surface area contributed by atoms with Crippen molar-refractivity contribution >= 4 is 11.9 Å². The van der Waals surface area contributed by atoms with Gasteiger partial charge in [-0.05, 0) is 42.0 Å². The van der Waals surface area contributed by atoms with Gasteiger partial charge in [-0.25, -0.2) is 0 Å². The molecule has 0 spiro atoms. The number of carboxylic acid groups (broad SMARTS) is 1. The van der Waals surface area contributed by atoms with Gasteiger partial charge in [0.15, 0.2) is 11.5 Å². The molecule has 2 aromatic rings. The minimum absolute atomic E-state index is 0.0638. The van der Waals surface area contributed by atoms with E-state index in [1.54, 1.807) is 4.90 Å². The standard InChI is InChI=1S/C23H25NO5/c25-22(26)7-4-10-24(15-16-5-2-1-3-6-16)23(27)19-14-18(19)17-8-9-20-21(13-17)29-12-11-28-20/h1-3,5-6,8-9,13,18-19H,4,7,10-12,14-15H2,(H,25,26). The second kappa shape index (κ2) is 8.55. The number of carbonyl (C=O) groups excluding carboxylic acids is 1. The van der Waals surface area contributed by atoms with E-state index >= 15 is 0 Å². The molecular formula is C23H25NO5. The normalized spacial score (nSPS) is 19.4. The van der Waals surface area contributed by atoms with Gasteiger partial charge in [-0.1, -0.05) is 36.4 Å². The maximum Gasteiger partial charge on any atom is 0.303 e. The highest BCUT2D eigenvalue weighted by Crippen LogP contribution is 2.50. The molecule has 152 valence electrons. The van der Waals surface area contributed by atoms with Crippen molar-refractivity contribution in [2.24, 2.45) is 5.92 Å². The average molecular weight is 395 g/mol. The zero-order valence-corrected chi connectivity index (χ0v) is 16.3. The first-order valence-corrected chi connectivity index (χ1v) is 10.1. The van der Waals surface area contributed by atoms with Gasteiger partial charge < -0.3 is 19.5 Å². The molecule has 6 nitrogen and oxygen atoms in total. The Labute approximate surface area is 170 Å². The van der Waals surface area contributed by atoms with Gasteiger partial charge in [0, 0.05) is 25.4 Å². The molecule has 1 amide bonds. The van der Waals surface area contributed by atoms with Crippen molar-refractivity contribution in [3.63, 3.8) is 0 Å². The van der Waals surface area contributed by atoms with E-state index in [0.29, 0.717) is 32.7 Å². The highest BCUT2D eigenvalue weighted by atomic mass is 16.6. The van der Waals surface area contributed by atoms with Crippen molar-refractivity contribution in [3.8, 4) is 11.5 Å². The van der Waals surface area contributed by atoms with Crippen LogP contribution >= 0.6 is 0 Å². The van der Waals surface area contributed by atoms with E-state index in [2.05, 4.69) is 0 Å². The summed E-state index contributed by atoms with van der Waals surface area (Å²) >= 11 is 0. The molecule has 1 aliphatic heterocycles. The molecule has 2 aromatic carbocycles. The first-order chi connectivity index (χ1) is 14.1. The van der Waals surface area contributed by atoms with E-state index in [4.69, 9.17) is 14.6 Å². The Morgan fingerprint density at radius 1 is 1.03 bits per heavy atom. The van der Waals surface area contributed by atoms with E-state index < -0.39 is 5.97 Å². The van der Waals surface area contributed by atoms with Crippen molar-refractivity contribution < 1.29 is 24.2 Å². The number of fused-ring (bicyclic) bond motifs is 1. The Bertz CT molecular complexity index is 882. The Balaban J connectivity index is 1.44. The summed E-state index contributed by atoms with van der Waals surface area (Å²) in [4.78, 5) is 25.9. The van der Waals surface area contributed by atoms with Crippen LogP contribution in [-0.2, 0) is 16.1 Å². The summed E-state index contributed by atoms with van der Waals surface area (Å²) < 4.78 is 11.2. The van der Waals surface area contributed by atoms with Crippen LogP contribution < -0.4 is 9.47 Å². The third-order valence-corrected chi connectivity index (χ3v) is 5.45. The second-order valence-electron chi connectivity index (χ2n) is 7.59. The number of carbonyl (C=O) groups is 2. The van der Waals surface area contributed by atoms with Gasteiger partial charge >= 0.3 is 5.97 Å². The number of rotatable bonds is 8. The lowest BCUT2D eigenvalue weighted by Gasteiger charge is -2.23. The predicted octanol–water partition coefficient (Wildman–Crippen LogP) is 3.45. The Kier molecular flexibility index (Phi) is 5.69. The third-order valence-electron chi connectivity index (χ3n) is 5.45. The van der Waals surface area contributed by atoms with Gasteiger partial charge in [0.05, 0.1) is 0 Å². The minimum Gasteiger partial charge on any atom is -0.486 e. The van der Waals surface area contributed by atoms with Gasteiger partial charge in [0.1, 0.15) is 13.2 Å². The van der Waals surface area contributed by atoms with Crippen LogP contribution in [-0.4, -0.2) is 41.6 Å². The summed E-state index contributed by atoms with van der Waals surface area (Å²) in [6.45, 7) is 2.05. The maximum atomic E-state index is 13.2. The van der Waals surface area contributed by atoms with Crippen LogP contribution in [0.25, 0.3) is 0 Å². The smallest absolute Gasteiger partial charge is 0.303 e. The largest absolute Gasteiger partial charge is 0.486 e. The molecule has 1 aliphatic carbocycles.